The van der Waals surface area contributed by atoms with Crippen LogP contribution in [0.4, 0.5) is 4.79 Å². The first-order chi connectivity index (χ1) is 13.4. The van der Waals surface area contributed by atoms with Gasteiger partial charge >= 0.3 is 12.1 Å². The summed E-state index contributed by atoms with van der Waals surface area (Å²) in [6, 6.07) is 12.1. The van der Waals surface area contributed by atoms with Crippen molar-refractivity contribution >= 4 is 18.0 Å². The third-order valence-corrected chi connectivity index (χ3v) is 4.76. The Morgan fingerprint density at radius 1 is 1.00 bits per heavy atom. The number of amides is 2. The number of hydrogen-bond donors (Lipinski definition) is 3. The van der Waals surface area contributed by atoms with Gasteiger partial charge in [-0.15, -0.1) is 0 Å². The van der Waals surface area contributed by atoms with Gasteiger partial charge in [-0.2, -0.15) is 0 Å². The van der Waals surface area contributed by atoms with Crippen LogP contribution in [0, 0.1) is 0 Å². The standard InChI is InChI=1S/C21H22N2O5/c1-12(19(24)22-13(2)20(25)26)23-21(27)28-11-15-7-5-9-17-16-8-4-3-6-14(16)10-18(15)17/h3-9,12-13H,10-11H2,1-2H3,(H,22,24)(H,23,27)(H,25,26). The molecule has 1 aliphatic carbocycles. The number of benzene rings is 2. The molecule has 7 heteroatoms. The number of hydrogen-bond acceptors (Lipinski definition) is 4. The summed E-state index contributed by atoms with van der Waals surface area (Å²) in [6.45, 7) is 2.89. The summed E-state index contributed by atoms with van der Waals surface area (Å²) in [5.74, 6) is -1.75. The number of nitrogens with one attached hydrogen (secondary N) is 2. The molecular formula is C21H22N2O5. The van der Waals surface area contributed by atoms with Crippen LogP contribution in [0.15, 0.2) is 42.5 Å². The van der Waals surface area contributed by atoms with Gasteiger partial charge in [0, 0.05) is 0 Å². The molecule has 0 spiro atoms. The van der Waals surface area contributed by atoms with Gasteiger partial charge in [-0.1, -0.05) is 42.5 Å². The highest BCUT2D eigenvalue weighted by molar-refractivity contribution is 5.88. The lowest BCUT2D eigenvalue weighted by molar-refractivity contribution is -0.141. The average molecular weight is 382 g/mol. The molecule has 28 heavy (non-hydrogen) atoms. The molecule has 2 aromatic rings. The van der Waals surface area contributed by atoms with Crippen molar-refractivity contribution in [1.29, 1.82) is 0 Å². The van der Waals surface area contributed by atoms with Gasteiger partial charge in [-0.05, 0) is 48.1 Å². The number of rotatable bonds is 6. The number of fused-ring (bicyclic) bond motifs is 3. The second-order valence-corrected chi connectivity index (χ2v) is 6.79. The van der Waals surface area contributed by atoms with Crippen LogP contribution in [-0.2, 0) is 27.4 Å². The first-order valence-electron chi connectivity index (χ1n) is 9.02. The molecular weight excluding hydrogens is 360 g/mol. The van der Waals surface area contributed by atoms with Gasteiger partial charge in [-0.25, -0.2) is 4.79 Å². The van der Waals surface area contributed by atoms with E-state index in [0.29, 0.717) is 0 Å². The highest BCUT2D eigenvalue weighted by Gasteiger charge is 2.23. The first kappa shape index (κ1) is 19.4. The van der Waals surface area contributed by atoms with E-state index in [1.54, 1.807) is 0 Å². The Morgan fingerprint density at radius 3 is 2.46 bits per heavy atom. The number of carbonyl (C=O) groups is 3. The number of aliphatic carboxylic acids is 1. The summed E-state index contributed by atoms with van der Waals surface area (Å²) in [5, 5.41) is 13.5. The molecule has 146 valence electrons. The van der Waals surface area contributed by atoms with Crippen LogP contribution < -0.4 is 10.6 Å². The minimum absolute atomic E-state index is 0.0862. The topological polar surface area (TPSA) is 105 Å². The molecule has 2 aromatic carbocycles. The van der Waals surface area contributed by atoms with E-state index in [0.717, 1.165) is 23.1 Å². The Hall–Kier alpha value is -3.35. The monoisotopic (exact) mass is 382 g/mol. The second-order valence-electron chi connectivity index (χ2n) is 6.79. The van der Waals surface area contributed by atoms with Gasteiger partial charge in [0.2, 0.25) is 5.91 Å². The molecule has 0 fully saturated rings. The molecule has 2 atom stereocenters. The summed E-state index contributed by atoms with van der Waals surface area (Å²) in [5.41, 5.74) is 5.64. The fourth-order valence-electron chi connectivity index (χ4n) is 3.19. The number of carboxylic acid groups (broad SMARTS) is 1. The van der Waals surface area contributed by atoms with Crippen LogP contribution in [0.2, 0.25) is 0 Å². The molecule has 2 amide bonds. The molecule has 3 N–H and O–H groups in total. The predicted molar refractivity (Wildman–Crippen MR) is 103 cm³/mol. The van der Waals surface area contributed by atoms with Gasteiger partial charge in [-0.3, -0.25) is 9.59 Å². The molecule has 0 saturated heterocycles. The maximum atomic E-state index is 12.0. The van der Waals surface area contributed by atoms with Crippen molar-refractivity contribution in [2.24, 2.45) is 0 Å². The van der Waals surface area contributed by atoms with Crippen LogP contribution in [0.3, 0.4) is 0 Å². The number of carboxylic acids is 1. The van der Waals surface area contributed by atoms with E-state index in [9.17, 15) is 14.4 Å². The third-order valence-electron chi connectivity index (χ3n) is 4.76. The largest absolute Gasteiger partial charge is 0.480 e. The molecule has 0 radical (unpaired) electrons. The molecule has 7 nitrogen and oxygen atoms in total. The minimum Gasteiger partial charge on any atom is -0.480 e. The quantitative estimate of drug-likeness (QED) is 0.607. The Labute approximate surface area is 162 Å². The normalized spacial score (nSPS) is 13.6. The fourth-order valence-corrected chi connectivity index (χ4v) is 3.19. The van der Waals surface area contributed by atoms with E-state index in [1.807, 2.05) is 24.3 Å². The summed E-state index contributed by atoms with van der Waals surface area (Å²) >= 11 is 0. The van der Waals surface area contributed by atoms with Crippen LogP contribution in [0.25, 0.3) is 11.1 Å². The van der Waals surface area contributed by atoms with Crippen molar-refractivity contribution in [2.45, 2.75) is 39.0 Å². The highest BCUT2D eigenvalue weighted by atomic mass is 16.5. The molecule has 0 bridgehead atoms. The van der Waals surface area contributed by atoms with E-state index >= 15 is 0 Å². The van der Waals surface area contributed by atoms with E-state index in [-0.39, 0.29) is 6.61 Å². The Kier molecular flexibility index (Phi) is 5.63. The van der Waals surface area contributed by atoms with Gasteiger partial charge < -0.3 is 20.5 Å². The predicted octanol–water partition coefficient (Wildman–Crippen LogP) is 2.46. The molecule has 1 aliphatic rings. The Balaban J connectivity index is 1.58. The van der Waals surface area contributed by atoms with Crippen molar-refractivity contribution < 1.29 is 24.2 Å². The van der Waals surface area contributed by atoms with Gasteiger partial charge in [0.25, 0.3) is 0 Å². The van der Waals surface area contributed by atoms with E-state index in [1.165, 1.54) is 25.0 Å². The van der Waals surface area contributed by atoms with Gasteiger partial charge in [0.05, 0.1) is 0 Å². The molecule has 0 aliphatic heterocycles. The highest BCUT2D eigenvalue weighted by Crippen LogP contribution is 2.38. The van der Waals surface area contributed by atoms with Crippen LogP contribution in [-0.4, -0.2) is 35.2 Å². The van der Waals surface area contributed by atoms with Gasteiger partial charge in [0.15, 0.2) is 0 Å². The third kappa shape index (κ3) is 4.14. The lowest BCUT2D eigenvalue weighted by Crippen LogP contribution is -2.49. The van der Waals surface area contributed by atoms with E-state index in [4.69, 9.17) is 9.84 Å². The molecule has 2 unspecified atom stereocenters. The Morgan fingerprint density at radius 2 is 1.71 bits per heavy atom. The molecule has 0 heterocycles. The molecule has 0 aromatic heterocycles. The van der Waals surface area contributed by atoms with Crippen molar-refractivity contribution in [3.63, 3.8) is 0 Å². The zero-order valence-corrected chi connectivity index (χ0v) is 15.7. The fraction of sp³-hybridized carbons (Fsp3) is 0.286. The second kappa shape index (κ2) is 8.12. The average Bonchev–Trinajstić information content (AvgIpc) is 3.05. The molecule has 3 rings (SSSR count). The number of alkyl carbamates (subject to hydrolysis) is 1. The summed E-state index contributed by atoms with van der Waals surface area (Å²) in [6.07, 6.45) is 0.0529. The summed E-state index contributed by atoms with van der Waals surface area (Å²) < 4.78 is 5.28. The van der Waals surface area contributed by atoms with Crippen LogP contribution >= 0.6 is 0 Å². The maximum absolute atomic E-state index is 12.0. The molecule has 0 saturated carbocycles. The van der Waals surface area contributed by atoms with E-state index in [2.05, 4.69) is 28.8 Å². The SMILES string of the molecule is CC(NC(=O)C(C)NC(=O)OCc1cccc2c1Cc1ccccc1-2)C(=O)O. The first-order valence-corrected chi connectivity index (χ1v) is 9.02. The lowest BCUT2D eigenvalue weighted by Gasteiger charge is -2.16. The van der Waals surface area contributed by atoms with Crippen molar-refractivity contribution in [1.82, 2.24) is 10.6 Å². The van der Waals surface area contributed by atoms with Crippen LogP contribution in [0.5, 0.6) is 0 Å². The zero-order chi connectivity index (χ0) is 20.3. The van der Waals surface area contributed by atoms with E-state index < -0.39 is 30.1 Å². The minimum atomic E-state index is -1.15. The summed E-state index contributed by atoms with van der Waals surface area (Å²) in [7, 11) is 0. The van der Waals surface area contributed by atoms with Crippen molar-refractivity contribution in [2.75, 3.05) is 0 Å². The lowest BCUT2D eigenvalue weighted by atomic mass is 10.0. The Bertz CT molecular complexity index is 925. The smallest absolute Gasteiger partial charge is 0.408 e. The number of carbonyl (C=O) groups excluding carboxylic acids is 2. The van der Waals surface area contributed by atoms with Crippen LogP contribution in [0.1, 0.15) is 30.5 Å². The number of ether oxygens (including phenoxy) is 1. The van der Waals surface area contributed by atoms with Crippen molar-refractivity contribution in [3.8, 4) is 11.1 Å². The zero-order valence-electron chi connectivity index (χ0n) is 15.7. The summed E-state index contributed by atoms with van der Waals surface area (Å²) in [4.78, 5) is 34.7. The van der Waals surface area contributed by atoms with Crippen molar-refractivity contribution in [3.05, 3.63) is 59.2 Å². The maximum Gasteiger partial charge on any atom is 0.408 e. The van der Waals surface area contributed by atoms with Gasteiger partial charge in [0.1, 0.15) is 18.7 Å².